The van der Waals surface area contributed by atoms with Gasteiger partial charge in [-0.1, -0.05) is 17.8 Å². The Labute approximate surface area is 149 Å². The smallest absolute Gasteiger partial charge is 0.267 e. The SMILES string of the molecule is COc1ccc(CN(C)C(=O)c2cnc3n(c2=O)CCS3)cc1OC. The van der Waals surface area contributed by atoms with Crippen LogP contribution in [0.3, 0.4) is 0 Å². The van der Waals surface area contributed by atoms with Crippen LogP contribution in [0.2, 0.25) is 0 Å². The van der Waals surface area contributed by atoms with Gasteiger partial charge in [-0.3, -0.25) is 14.2 Å². The fourth-order valence-corrected chi connectivity index (χ4v) is 3.61. The second-order valence-corrected chi connectivity index (χ2v) is 6.67. The number of ether oxygens (including phenoxy) is 2. The highest BCUT2D eigenvalue weighted by atomic mass is 32.2. The van der Waals surface area contributed by atoms with Crippen LogP contribution in [0.5, 0.6) is 11.5 Å². The van der Waals surface area contributed by atoms with Crippen molar-refractivity contribution in [3.63, 3.8) is 0 Å². The largest absolute Gasteiger partial charge is 0.493 e. The number of hydrogen-bond donors (Lipinski definition) is 0. The summed E-state index contributed by atoms with van der Waals surface area (Å²) in [6, 6.07) is 5.46. The van der Waals surface area contributed by atoms with Crippen LogP contribution in [-0.4, -0.2) is 47.4 Å². The standard InChI is InChI=1S/C17H19N3O4S/c1-19(10-11-4-5-13(23-2)14(8-11)24-3)15(21)12-9-18-17-20(16(12)22)6-7-25-17/h4-5,8-9H,6-7,10H2,1-3H3. The number of carbonyl (C=O) groups is 1. The number of carbonyl (C=O) groups excluding carboxylic acids is 1. The lowest BCUT2D eigenvalue weighted by atomic mass is 10.1. The maximum Gasteiger partial charge on any atom is 0.267 e. The second-order valence-electron chi connectivity index (χ2n) is 5.61. The van der Waals surface area contributed by atoms with Gasteiger partial charge in [0, 0.05) is 32.1 Å². The number of hydrogen-bond acceptors (Lipinski definition) is 6. The molecule has 7 nitrogen and oxygen atoms in total. The molecule has 3 rings (SSSR count). The van der Waals surface area contributed by atoms with Crippen molar-refractivity contribution in [3.8, 4) is 11.5 Å². The van der Waals surface area contributed by atoms with Crippen molar-refractivity contribution < 1.29 is 14.3 Å². The van der Waals surface area contributed by atoms with E-state index in [0.717, 1.165) is 11.3 Å². The molecule has 1 aromatic heterocycles. The molecule has 0 aliphatic carbocycles. The van der Waals surface area contributed by atoms with Crippen molar-refractivity contribution in [2.24, 2.45) is 0 Å². The summed E-state index contributed by atoms with van der Waals surface area (Å²) in [7, 11) is 4.79. The van der Waals surface area contributed by atoms with E-state index in [-0.39, 0.29) is 17.0 Å². The maximum absolute atomic E-state index is 12.7. The van der Waals surface area contributed by atoms with Crippen LogP contribution in [0, 0.1) is 0 Å². The molecular formula is C17H19N3O4S. The van der Waals surface area contributed by atoms with Crippen LogP contribution in [-0.2, 0) is 13.1 Å². The van der Waals surface area contributed by atoms with Gasteiger partial charge >= 0.3 is 0 Å². The summed E-state index contributed by atoms with van der Waals surface area (Å²) in [6.45, 7) is 0.932. The Morgan fingerprint density at radius 3 is 2.80 bits per heavy atom. The van der Waals surface area contributed by atoms with Gasteiger partial charge in [-0.05, 0) is 17.7 Å². The number of fused-ring (bicyclic) bond motifs is 1. The number of nitrogens with zero attached hydrogens (tertiary/aromatic N) is 3. The van der Waals surface area contributed by atoms with Gasteiger partial charge in [0.25, 0.3) is 11.5 Å². The van der Waals surface area contributed by atoms with E-state index in [9.17, 15) is 9.59 Å². The molecule has 0 saturated carbocycles. The zero-order chi connectivity index (χ0) is 18.0. The summed E-state index contributed by atoms with van der Waals surface area (Å²) in [4.78, 5) is 30.8. The first-order valence-corrected chi connectivity index (χ1v) is 8.72. The average Bonchev–Trinajstić information content (AvgIpc) is 3.11. The molecule has 0 unspecified atom stereocenters. The molecule has 0 atom stereocenters. The maximum atomic E-state index is 12.7. The molecular weight excluding hydrogens is 342 g/mol. The Morgan fingerprint density at radius 1 is 1.32 bits per heavy atom. The average molecular weight is 361 g/mol. The van der Waals surface area contributed by atoms with Crippen molar-refractivity contribution in [3.05, 3.63) is 45.9 Å². The Morgan fingerprint density at radius 2 is 2.08 bits per heavy atom. The van der Waals surface area contributed by atoms with Gasteiger partial charge in [0.05, 0.1) is 14.2 Å². The van der Waals surface area contributed by atoms with E-state index in [4.69, 9.17) is 9.47 Å². The second kappa shape index (κ2) is 7.18. The number of amides is 1. The summed E-state index contributed by atoms with van der Waals surface area (Å²) in [5.74, 6) is 1.68. The monoisotopic (exact) mass is 361 g/mol. The van der Waals surface area contributed by atoms with Crippen molar-refractivity contribution in [1.29, 1.82) is 0 Å². The van der Waals surface area contributed by atoms with E-state index in [2.05, 4.69) is 4.98 Å². The third-order valence-corrected chi connectivity index (χ3v) is 4.97. The normalized spacial score (nSPS) is 12.6. The van der Waals surface area contributed by atoms with Crippen LogP contribution in [0.1, 0.15) is 15.9 Å². The Bertz CT molecular complexity index is 865. The first-order chi connectivity index (χ1) is 12.0. The minimum absolute atomic E-state index is 0.0919. The van der Waals surface area contributed by atoms with Crippen LogP contribution >= 0.6 is 11.8 Å². The highest BCUT2D eigenvalue weighted by molar-refractivity contribution is 7.99. The molecule has 1 aromatic carbocycles. The highest BCUT2D eigenvalue weighted by Crippen LogP contribution is 2.28. The summed E-state index contributed by atoms with van der Waals surface area (Å²) >= 11 is 1.52. The van der Waals surface area contributed by atoms with Crippen molar-refractivity contribution in [2.45, 2.75) is 18.2 Å². The number of thioether (sulfide) groups is 1. The van der Waals surface area contributed by atoms with Crippen LogP contribution < -0.4 is 15.0 Å². The Hall–Kier alpha value is -2.48. The number of aromatic nitrogens is 2. The van der Waals surface area contributed by atoms with E-state index < -0.39 is 0 Å². The lowest BCUT2D eigenvalue weighted by Gasteiger charge is -2.18. The summed E-state index contributed by atoms with van der Waals surface area (Å²) in [6.07, 6.45) is 1.37. The molecule has 1 aliphatic heterocycles. The van der Waals surface area contributed by atoms with Gasteiger partial charge in [0.2, 0.25) is 0 Å². The molecule has 0 radical (unpaired) electrons. The third kappa shape index (κ3) is 3.34. The van der Waals surface area contributed by atoms with Gasteiger partial charge in [-0.2, -0.15) is 0 Å². The van der Waals surface area contributed by atoms with E-state index in [1.54, 1.807) is 31.9 Å². The fourth-order valence-electron chi connectivity index (χ4n) is 2.69. The molecule has 8 heteroatoms. The molecule has 0 fully saturated rings. The van der Waals surface area contributed by atoms with Gasteiger partial charge in [-0.15, -0.1) is 0 Å². The van der Waals surface area contributed by atoms with Crippen molar-refractivity contribution in [2.75, 3.05) is 27.0 Å². The number of rotatable bonds is 5. The quantitative estimate of drug-likeness (QED) is 0.754. The molecule has 0 N–H and O–H groups in total. The molecule has 2 aromatic rings. The van der Waals surface area contributed by atoms with E-state index in [0.29, 0.717) is 29.7 Å². The summed E-state index contributed by atoms with van der Waals surface area (Å²) < 4.78 is 12.0. The van der Waals surface area contributed by atoms with Gasteiger partial charge < -0.3 is 14.4 Å². The van der Waals surface area contributed by atoms with Crippen LogP contribution in [0.25, 0.3) is 0 Å². The van der Waals surface area contributed by atoms with Crippen molar-refractivity contribution in [1.82, 2.24) is 14.5 Å². The zero-order valence-corrected chi connectivity index (χ0v) is 15.1. The Kier molecular flexibility index (Phi) is 4.98. The summed E-state index contributed by atoms with van der Waals surface area (Å²) in [5, 5.41) is 0.670. The summed E-state index contributed by atoms with van der Waals surface area (Å²) in [5.41, 5.74) is 0.687. The molecule has 0 spiro atoms. The lowest BCUT2D eigenvalue weighted by Crippen LogP contribution is -2.34. The van der Waals surface area contributed by atoms with E-state index >= 15 is 0 Å². The predicted octanol–water partition coefficient (Wildman–Crippen LogP) is 1.64. The highest BCUT2D eigenvalue weighted by Gasteiger charge is 2.22. The zero-order valence-electron chi connectivity index (χ0n) is 14.3. The fraction of sp³-hybridized carbons (Fsp3) is 0.353. The first-order valence-electron chi connectivity index (χ1n) is 7.74. The number of benzene rings is 1. The lowest BCUT2D eigenvalue weighted by molar-refractivity contribution is 0.0781. The molecule has 2 heterocycles. The van der Waals surface area contributed by atoms with Crippen LogP contribution in [0.4, 0.5) is 0 Å². The Balaban J connectivity index is 1.81. The molecule has 132 valence electrons. The van der Waals surface area contributed by atoms with Gasteiger partial charge in [-0.25, -0.2) is 4.98 Å². The van der Waals surface area contributed by atoms with Crippen molar-refractivity contribution >= 4 is 17.7 Å². The predicted molar refractivity (Wildman–Crippen MR) is 94.6 cm³/mol. The first kappa shape index (κ1) is 17.3. The molecule has 0 saturated heterocycles. The van der Waals surface area contributed by atoms with Gasteiger partial charge in [0.1, 0.15) is 5.56 Å². The molecule has 0 bridgehead atoms. The van der Waals surface area contributed by atoms with Gasteiger partial charge in [0.15, 0.2) is 16.7 Å². The molecule has 1 aliphatic rings. The minimum atomic E-state index is -0.348. The van der Waals surface area contributed by atoms with E-state index in [1.807, 2.05) is 12.1 Å². The number of methoxy groups -OCH3 is 2. The molecule has 1 amide bonds. The van der Waals surface area contributed by atoms with E-state index in [1.165, 1.54) is 22.9 Å². The topological polar surface area (TPSA) is 73.7 Å². The molecule has 25 heavy (non-hydrogen) atoms. The third-order valence-electron chi connectivity index (χ3n) is 4.00. The minimum Gasteiger partial charge on any atom is -0.493 e. The van der Waals surface area contributed by atoms with Crippen LogP contribution in [0.15, 0.2) is 34.3 Å².